The number of ether oxygens (including phenoxy) is 1. The minimum Gasteiger partial charge on any atom is -0.464 e. The van der Waals surface area contributed by atoms with Crippen LogP contribution in [0.2, 0.25) is 10.0 Å². The number of halogens is 2. The van der Waals surface area contributed by atoms with E-state index in [1.807, 2.05) is 6.07 Å². The van der Waals surface area contributed by atoms with Crippen LogP contribution >= 0.6 is 23.2 Å². The standard InChI is InChI=1S/C19H12Cl2N4O5S/c1-30-19(26)18-15(23)8(6-22)7-25(18)13-4-9(20)2-11-12-3-10(21)5-14(31(27,28)29)17(12)24-16(11)13/h2-5,7,24H,23H2,1H3,(H,27,28,29). The fourth-order valence-corrected chi connectivity index (χ4v) is 4.67. The molecule has 0 atom stereocenters. The number of anilines is 1. The lowest BCUT2D eigenvalue weighted by molar-refractivity contribution is 0.0593. The van der Waals surface area contributed by atoms with Crippen molar-refractivity contribution in [3.63, 3.8) is 0 Å². The Bertz CT molecular complexity index is 1560. The molecule has 0 saturated heterocycles. The number of nitriles is 1. The maximum absolute atomic E-state index is 12.4. The van der Waals surface area contributed by atoms with Crippen molar-refractivity contribution in [2.75, 3.05) is 12.8 Å². The molecule has 0 bridgehead atoms. The Morgan fingerprint density at radius 1 is 1.19 bits per heavy atom. The minimum absolute atomic E-state index is 0.0336. The van der Waals surface area contributed by atoms with Gasteiger partial charge in [-0.15, -0.1) is 0 Å². The van der Waals surface area contributed by atoms with E-state index in [1.165, 1.54) is 30.0 Å². The summed E-state index contributed by atoms with van der Waals surface area (Å²) in [6.45, 7) is 0. The largest absolute Gasteiger partial charge is 0.464 e. The van der Waals surface area contributed by atoms with E-state index >= 15 is 0 Å². The van der Waals surface area contributed by atoms with E-state index in [9.17, 15) is 23.0 Å². The van der Waals surface area contributed by atoms with Gasteiger partial charge in [0.1, 0.15) is 11.0 Å². The summed E-state index contributed by atoms with van der Waals surface area (Å²) in [6.07, 6.45) is 1.34. The maximum Gasteiger partial charge on any atom is 0.357 e. The van der Waals surface area contributed by atoms with Crippen molar-refractivity contribution in [2.24, 2.45) is 0 Å². The first kappa shape index (κ1) is 21.0. The lowest BCUT2D eigenvalue weighted by Crippen LogP contribution is -2.11. The Kier molecular flexibility index (Phi) is 4.87. The summed E-state index contributed by atoms with van der Waals surface area (Å²) in [7, 11) is -3.44. The molecule has 2 aromatic heterocycles. The summed E-state index contributed by atoms with van der Waals surface area (Å²) in [6, 6.07) is 7.59. The van der Waals surface area contributed by atoms with E-state index in [-0.39, 0.29) is 32.5 Å². The first-order valence-electron chi connectivity index (χ1n) is 8.48. The molecule has 0 aliphatic carbocycles. The van der Waals surface area contributed by atoms with Crippen molar-refractivity contribution < 1.29 is 22.5 Å². The highest BCUT2D eigenvalue weighted by Gasteiger charge is 2.25. The molecule has 2 aromatic carbocycles. The topological polar surface area (TPSA) is 151 Å². The van der Waals surface area contributed by atoms with Gasteiger partial charge in [0.25, 0.3) is 10.1 Å². The highest BCUT2D eigenvalue weighted by atomic mass is 35.5. The van der Waals surface area contributed by atoms with Crippen LogP contribution < -0.4 is 5.73 Å². The van der Waals surface area contributed by atoms with Crippen molar-refractivity contribution in [3.05, 3.63) is 51.8 Å². The number of hydrogen-bond donors (Lipinski definition) is 3. The van der Waals surface area contributed by atoms with Gasteiger partial charge in [-0.1, -0.05) is 23.2 Å². The number of aromatic nitrogens is 2. The van der Waals surface area contributed by atoms with Crippen LogP contribution in [0.4, 0.5) is 5.69 Å². The summed E-state index contributed by atoms with van der Waals surface area (Å²) < 4.78 is 39.6. The number of hydrogen-bond acceptors (Lipinski definition) is 6. The van der Waals surface area contributed by atoms with Crippen LogP contribution in [-0.4, -0.2) is 35.6 Å². The van der Waals surface area contributed by atoms with Gasteiger partial charge in [-0.2, -0.15) is 13.7 Å². The number of rotatable bonds is 3. The average Bonchev–Trinajstić information content (AvgIpc) is 3.23. The van der Waals surface area contributed by atoms with Crippen LogP contribution in [-0.2, 0) is 14.9 Å². The number of nitrogen functional groups attached to an aromatic ring is 1. The zero-order valence-corrected chi connectivity index (χ0v) is 17.9. The zero-order valence-electron chi connectivity index (χ0n) is 15.6. The molecule has 2 heterocycles. The van der Waals surface area contributed by atoms with Gasteiger partial charge in [0.05, 0.1) is 35.1 Å². The zero-order chi connectivity index (χ0) is 22.7. The van der Waals surface area contributed by atoms with Crippen molar-refractivity contribution in [1.82, 2.24) is 9.55 Å². The summed E-state index contributed by atoms with van der Waals surface area (Å²) in [4.78, 5) is 14.9. The van der Waals surface area contributed by atoms with Crippen LogP contribution in [0.3, 0.4) is 0 Å². The Morgan fingerprint density at radius 3 is 2.39 bits per heavy atom. The molecule has 0 saturated carbocycles. The lowest BCUT2D eigenvalue weighted by atomic mass is 10.1. The quantitative estimate of drug-likeness (QED) is 0.298. The van der Waals surface area contributed by atoms with Crippen molar-refractivity contribution in [3.8, 4) is 11.8 Å². The molecule has 4 N–H and O–H groups in total. The highest BCUT2D eigenvalue weighted by Crippen LogP contribution is 2.38. The second-order valence-electron chi connectivity index (χ2n) is 6.55. The first-order chi connectivity index (χ1) is 14.6. The number of nitrogens with two attached hydrogens (primary N) is 1. The van der Waals surface area contributed by atoms with Gasteiger partial charge >= 0.3 is 5.97 Å². The fourth-order valence-electron chi connectivity index (χ4n) is 3.48. The van der Waals surface area contributed by atoms with Gasteiger partial charge in [0.2, 0.25) is 0 Å². The van der Waals surface area contributed by atoms with E-state index in [0.717, 1.165) is 6.07 Å². The van der Waals surface area contributed by atoms with Gasteiger partial charge in [-0.25, -0.2) is 4.79 Å². The molecule has 0 spiro atoms. The van der Waals surface area contributed by atoms with Crippen LogP contribution in [0.15, 0.2) is 35.4 Å². The van der Waals surface area contributed by atoms with Crippen molar-refractivity contribution in [2.45, 2.75) is 4.90 Å². The third-order valence-electron chi connectivity index (χ3n) is 4.77. The number of benzene rings is 2. The number of nitrogens with one attached hydrogen (secondary N) is 1. The second kappa shape index (κ2) is 7.18. The first-order valence-corrected chi connectivity index (χ1v) is 10.7. The molecule has 0 aliphatic heterocycles. The molecule has 0 unspecified atom stereocenters. The molecular formula is C19H12Cl2N4O5S. The Hall–Kier alpha value is -3.23. The van der Waals surface area contributed by atoms with Crippen LogP contribution in [0.1, 0.15) is 16.1 Å². The average molecular weight is 479 g/mol. The van der Waals surface area contributed by atoms with Gasteiger partial charge in [0, 0.05) is 27.0 Å². The fraction of sp³-hybridized carbons (Fsp3) is 0.0526. The molecule has 0 aliphatic rings. The molecule has 158 valence electrons. The van der Waals surface area contributed by atoms with E-state index in [4.69, 9.17) is 33.7 Å². The molecule has 0 amide bonds. The molecule has 0 radical (unpaired) electrons. The molecule has 31 heavy (non-hydrogen) atoms. The molecule has 4 aromatic rings. The smallest absolute Gasteiger partial charge is 0.357 e. The van der Waals surface area contributed by atoms with Gasteiger partial charge in [-0.3, -0.25) is 4.55 Å². The van der Waals surface area contributed by atoms with Crippen molar-refractivity contribution in [1.29, 1.82) is 5.26 Å². The number of esters is 1. The SMILES string of the molecule is COC(=O)c1c(N)c(C#N)cn1-c1cc(Cl)cc2c1[nH]c1c(S(=O)(=O)O)cc(Cl)cc12. The lowest BCUT2D eigenvalue weighted by Gasteiger charge is -2.10. The molecule has 0 fully saturated rings. The minimum atomic E-state index is -4.61. The monoisotopic (exact) mass is 478 g/mol. The van der Waals surface area contributed by atoms with E-state index in [0.29, 0.717) is 22.0 Å². The highest BCUT2D eigenvalue weighted by molar-refractivity contribution is 7.86. The van der Waals surface area contributed by atoms with E-state index in [1.54, 1.807) is 6.07 Å². The Morgan fingerprint density at radius 2 is 1.81 bits per heavy atom. The van der Waals surface area contributed by atoms with Gasteiger partial charge in [0.15, 0.2) is 5.69 Å². The van der Waals surface area contributed by atoms with E-state index < -0.39 is 21.0 Å². The number of methoxy groups -OCH3 is 1. The summed E-state index contributed by atoms with van der Waals surface area (Å²) in [5.74, 6) is -0.787. The molecule has 4 rings (SSSR count). The van der Waals surface area contributed by atoms with Crippen LogP contribution in [0, 0.1) is 11.3 Å². The third kappa shape index (κ3) is 3.28. The molecule has 12 heteroatoms. The number of carbonyl (C=O) groups excluding carboxylic acids is 1. The normalized spacial score (nSPS) is 11.7. The Balaban J connectivity index is 2.19. The van der Waals surface area contributed by atoms with Crippen LogP contribution in [0.5, 0.6) is 0 Å². The summed E-state index contributed by atoms with van der Waals surface area (Å²) in [5, 5.41) is 10.5. The second-order valence-corrected chi connectivity index (χ2v) is 8.82. The number of carbonyl (C=O) groups is 1. The van der Waals surface area contributed by atoms with E-state index in [2.05, 4.69) is 4.98 Å². The molecular weight excluding hydrogens is 467 g/mol. The van der Waals surface area contributed by atoms with Gasteiger partial charge in [-0.05, 0) is 24.3 Å². The summed E-state index contributed by atoms with van der Waals surface area (Å²) >= 11 is 12.4. The number of aromatic amines is 1. The number of fused-ring (bicyclic) bond motifs is 3. The third-order valence-corrected chi connectivity index (χ3v) is 6.08. The summed E-state index contributed by atoms with van der Waals surface area (Å²) in [5.41, 5.74) is 6.56. The predicted molar refractivity (Wildman–Crippen MR) is 115 cm³/mol. The molecule has 9 nitrogen and oxygen atoms in total. The maximum atomic E-state index is 12.4. The number of nitrogens with zero attached hydrogens (tertiary/aromatic N) is 2. The van der Waals surface area contributed by atoms with Crippen molar-refractivity contribution >= 4 is 66.8 Å². The van der Waals surface area contributed by atoms with Gasteiger partial charge < -0.3 is 20.0 Å². The Labute approximate surface area is 185 Å². The number of H-pyrrole nitrogens is 1. The predicted octanol–water partition coefficient (Wildman–Crippen LogP) is 3.91. The van der Waals surface area contributed by atoms with Crippen LogP contribution in [0.25, 0.3) is 27.5 Å².